The Bertz CT molecular complexity index is 546. The van der Waals surface area contributed by atoms with Crippen molar-refractivity contribution in [3.63, 3.8) is 0 Å². The molecule has 2 N–H and O–H groups in total. The standard InChI is InChI=1S/C19H30O4/c1-11(2)8-13-10-18(5)6-7-19(13,9-12(3)4)15(17(22)23)14(18)16(20)21/h11-13H,6-10H2,1-5H3,(H,20,21)(H,22,23). The van der Waals surface area contributed by atoms with Crippen LogP contribution in [0.2, 0.25) is 0 Å². The predicted octanol–water partition coefficient (Wildman–Crippen LogP) is 4.35. The van der Waals surface area contributed by atoms with Crippen LogP contribution in [0.3, 0.4) is 0 Å². The monoisotopic (exact) mass is 322 g/mol. The second kappa shape index (κ2) is 5.95. The van der Waals surface area contributed by atoms with E-state index in [2.05, 4.69) is 27.7 Å². The van der Waals surface area contributed by atoms with Gasteiger partial charge in [-0.05, 0) is 49.9 Å². The first kappa shape index (κ1) is 18.0. The van der Waals surface area contributed by atoms with Crippen LogP contribution < -0.4 is 0 Å². The molecule has 130 valence electrons. The highest BCUT2D eigenvalue weighted by molar-refractivity contribution is 6.01. The van der Waals surface area contributed by atoms with Gasteiger partial charge >= 0.3 is 11.9 Å². The van der Waals surface area contributed by atoms with Gasteiger partial charge in [-0.3, -0.25) is 0 Å². The molecule has 1 fully saturated rings. The van der Waals surface area contributed by atoms with Gasteiger partial charge < -0.3 is 10.2 Å². The van der Waals surface area contributed by atoms with E-state index in [1.165, 1.54) is 0 Å². The number of carboxylic acid groups (broad SMARTS) is 2. The molecule has 3 aliphatic rings. The van der Waals surface area contributed by atoms with Gasteiger partial charge in [0.1, 0.15) is 0 Å². The smallest absolute Gasteiger partial charge is 0.332 e. The largest absolute Gasteiger partial charge is 0.478 e. The number of hydrogen-bond acceptors (Lipinski definition) is 2. The molecule has 3 unspecified atom stereocenters. The van der Waals surface area contributed by atoms with Gasteiger partial charge in [0, 0.05) is 10.8 Å². The molecule has 0 radical (unpaired) electrons. The lowest BCUT2D eigenvalue weighted by Crippen LogP contribution is -2.53. The third-order valence-electron chi connectivity index (χ3n) is 5.91. The second-order valence-corrected chi connectivity index (χ2v) is 8.71. The second-order valence-electron chi connectivity index (χ2n) is 8.71. The molecule has 4 nitrogen and oxygen atoms in total. The van der Waals surface area contributed by atoms with E-state index in [0.717, 1.165) is 32.1 Å². The zero-order valence-electron chi connectivity index (χ0n) is 15.0. The molecule has 0 spiro atoms. The summed E-state index contributed by atoms with van der Waals surface area (Å²) in [6.45, 7) is 10.5. The minimum atomic E-state index is -1.04. The zero-order chi connectivity index (χ0) is 17.6. The van der Waals surface area contributed by atoms with Gasteiger partial charge in [-0.2, -0.15) is 0 Å². The van der Waals surface area contributed by atoms with Crippen molar-refractivity contribution < 1.29 is 19.8 Å². The number of hydrogen-bond donors (Lipinski definition) is 2. The van der Waals surface area contributed by atoms with Crippen LogP contribution in [0.25, 0.3) is 0 Å². The molecule has 0 aromatic heterocycles. The van der Waals surface area contributed by atoms with E-state index in [1.807, 2.05) is 6.92 Å². The van der Waals surface area contributed by atoms with Crippen LogP contribution >= 0.6 is 0 Å². The maximum absolute atomic E-state index is 12.1. The lowest BCUT2D eigenvalue weighted by Gasteiger charge is -2.58. The maximum atomic E-state index is 12.1. The quantitative estimate of drug-likeness (QED) is 0.762. The molecule has 0 heterocycles. The van der Waals surface area contributed by atoms with Crippen molar-refractivity contribution in [2.75, 3.05) is 0 Å². The number of aliphatic carboxylic acids is 2. The molecule has 0 saturated heterocycles. The lowest BCUT2D eigenvalue weighted by atomic mass is 9.45. The summed E-state index contributed by atoms with van der Waals surface area (Å²) >= 11 is 0. The number of rotatable bonds is 6. The van der Waals surface area contributed by atoms with Crippen molar-refractivity contribution in [2.24, 2.45) is 28.6 Å². The van der Waals surface area contributed by atoms with Crippen LogP contribution in [0.5, 0.6) is 0 Å². The van der Waals surface area contributed by atoms with Crippen LogP contribution in [0, 0.1) is 28.6 Å². The summed E-state index contributed by atoms with van der Waals surface area (Å²) in [6, 6.07) is 0. The van der Waals surface area contributed by atoms with Gasteiger partial charge in [0.2, 0.25) is 0 Å². The van der Waals surface area contributed by atoms with Crippen LogP contribution in [0.4, 0.5) is 0 Å². The van der Waals surface area contributed by atoms with Crippen molar-refractivity contribution in [3.05, 3.63) is 11.1 Å². The summed E-state index contributed by atoms with van der Waals surface area (Å²) in [4.78, 5) is 24.0. The highest BCUT2D eigenvalue weighted by Crippen LogP contribution is 2.65. The molecular formula is C19H30O4. The van der Waals surface area contributed by atoms with Crippen molar-refractivity contribution in [1.29, 1.82) is 0 Å². The SMILES string of the molecule is CC(C)CC1CC2(C)CCC1(CC(C)C)C(C(=O)O)=C2C(=O)O. The van der Waals surface area contributed by atoms with Crippen molar-refractivity contribution >= 4 is 11.9 Å². The molecule has 0 aliphatic heterocycles. The van der Waals surface area contributed by atoms with Crippen molar-refractivity contribution in [1.82, 2.24) is 0 Å². The Morgan fingerprint density at radius 2 is 1.61 bits per heavy atom. The zero-order valence-corrected chi connectivity index (χ0v) is 15.0. The highest BCUT2D eigenvalue weighted by atomic mass is 16.4. The lowest BCUT2D eigenvalue weighted by molar-refractivity contribution is -0.142. The van der Waals surface area contributed by atoms with E-state index in [-0.39, 0.29) is 17.1 Å². The minimum absolute atomic E-state index is 0.178. The molecule has 0 aromatic carbocycles. The highest BCUT2D eigenvalue weighted by Gasteiger charge is 2.60. The van der Waals surface area contributed by atoms with E-state index in [1.54, 1.807) is 0 Å². The van der Waals surface area contributed by atoms with E-state index >= 15 is 0 Å². The Labute approximate surface area is 139 Å². The molecule has 3 aliphatic carbocycles. The Morgan fingerprint density at radius 1 is 1.04 bits per heavy atom. The molecule has 4 heteroatoms. The fourth-order valence-electron chi connectivity index (χ4n) is 5.31. The predicted molar refractivity (Wildman–Crippen MR) is 89.1 cm³/mol. The van der Waals surface area contributed by atoms with Crippen LogP contribution in [-0.4, -0.2) is 22.2 Å². The number of carbonyl (C=O) groups is 2. The molecule has 3 rings (SSSR count). The molecule has 2 bridgehead atoms. The average molecular weight is 322 g/mol. The summed E-state index contributed by atoms with van der Waals surface area (Å²) < 4.78 is 0. The van der Waals surface area contributed by atoms with Gasteiger partial charge in [0.05, 0.1) is 11.1 Å². The van der Waals surface area contributed by atoms with Crippen LogP contribution in [0.1, 0.15) is 66.7 Å². The normalized spacial score (nSPS) is 33.6. The molecular weight excluding hydrogens is 292 g/mol. The summed E-state index contributed by atoms with van der Waals surface area (Å²) in [6.07, 6.45) is 4.12. The maximum Gasteiger partial charge on any atom is 0.332 e. The van der Waals surface area contributed by atoms with E-state index in [0.29, 0.717) is 11.8 Å². The van der Waals surface area contributed by atoms with Gasteiger partial charge in [0.25, 0.3) is 0 Å². The van der Waals surface area contributed by atoms with Gasteiger partial charge in [-0.15, -0.1) is 0 Å². The summed E-state index contributed by atoms with van der Waals surface area (Å²) in [7, 11) is 0. The van der Waals surface area contributed by atoms with Crippen molar-refractivity contribution in [3.8, 4) is 0 Å². The topological polar surface area (TPSA) is 74.6 Å². The Balaban J connectivity index is 2.69. The Kier molecular flexibility index (Phi) is 4.67. The minimum Gasteiger partial charge on any atom is -0.478 e. The van der Waals surface area contributed by atoms with E-state index in [4.69, 9.17) is 0 Å². The van der Waals surface area contributed by atoms with Crippen molar-refractivity contribution in [2.45, 2.75) is 66.7 Å². The van der Waals surface area contributed by atoms with Crippen LogP contribution in [-0.2, 0) is 9.59 Å². The van der Waals surface area contributed by atoms with Gasteiger partial charge in [0.15, 0.2) is 0 Å². The molecule has 0 amide bonds. The summed E-state index contributed by atoms with van der Waals surface area (Å²) in [5.74, 6) is -0.979. The third kappa shape index (κ3) is 2.92. The molecule has 1 saturated carbocycles. The average Bonchev–Trinajstić information content (AvgIpc) is 2.37. The van der Waals surface area contributed by atoms with E-state index < -0.39 is 22.8 Å². The van der Waals surface area contributed by atoms with Gasteiger partial charge in [-0.25, -0.2) is 9.59 Å². The number of fused-ring (bicyclic) bond motifs is 2. The Hall–Kier alpha value is -1.32. The molecule has 3 atom stereocenters. The van der Waals surface area contributed by atoms with Gasteiger partial charge in [-0.1, -0.05) is 34.6 Å². The van der Waals surface area contributed by atoms with E-state index in [9.17, 15) is 19.8 Å². The number of carboxylic acids is 2. The fraction of sp³-hybridized carbons (Fsp3) is 0.789. The molecule has 0 aromatic rings. The first-order chi connectivity index (χ1) is 10.5. The first-order valence-corrected chi connectivity index (χ1v) is 8.75. The first-order valence-electron chi connectivity index (χ1n) is 8.75. The summed E-state index contributed by atoms with van der Waals surface area (Å²) in [5.41, 5.74) is -0.589. The third-order valence-corrected chi connectivity index (χ3v) is 5.91. The Morgan fingerprint density at radius 3 is 2.04 bits per heavy atom. The summed E-state index contributed by atoms with van der Waals surface area (Å²) in [5, 5.41) is 19.6. The molecule has 23 heavy (non-hydrogen) atoms. The van der Waals surface area contributed by atoms with Crippen LogP contribution in [0.15, 0.2) is 11.1 Å². The fourth-order valence-corrected chi connectivity index (χ4v) is 5.31.